The summed E-state index contributed by atoms with van der Waals surface area (Å²) in [6.07, 6.45) is 4.72. The minimum Gasteiger partial charge on any atom is -0.343 e. The lowest BCUT2D eigenvalue weighted by molar-refractivity contribution is -0.131. The monoisotopic (exact) mass is 301 g/mol. The fourth-order valence-electron chi connectivity index (χ4n) is 3.59. The maximum atomic E-state index is 12.6. The van der Waals surface area contributed by atoms with Crippen LogP contribution in [0.5, 0.6) is 0 Å². The zero-order chi connectivity index (χ0) is 15.7. The van der Waals surface area contributed by atoms with E-state index in [0.717, 1.165) is 51.1 Å². The molecule has 0 saturated carbocycles. The van der Waals surface area contributed by atoms with Crippen LogP contribution in [0.25, 0.3) is 0 Å². The molecule has 5 heteroatoms. The number of aromatic nitrogens is 1. The number of likely N-dealkylation sites (tertiary alicyclic amines) is 2. The summed E-state index contributed by atoms with van der Waals surface area (Å²) in [5, 5.41) is 0. The van der Waals surface area contributed by atoms with E-state index in [1.165, 1.54) is 0 Å². The van der Waals surface area contributed by atoms with Gasteiger partial charge < -0.3 is 9.80 Å². The topological polar surface area (TPSA) is 53.5 Å². The molecule has 0 aliphatic carbocycles. The van der Waals surface area contributed by atoms with Gasteiger partial charge in [-0.05, 0) is 43.7 Å². The highest BCUT2D eigenvalue weighted by Gasteiger charge is 2.42. The fraction of sp³-hybridized carbons (Fsp3) is 0.588. The largest absolute Gasteiger partial charge is 0.343 e. The van der Waals surface area contributed by atoms with Crippen LogP contribution in [0.3, 0.4) is 0 Å². The van der Waals surface area contributed by atoms with Crippen molar-refractivity contribution in [1.82, 2.24) is 14.8 Å². The first-order valence-corrected chi connectivity index (χ1v) is 7.97. The van der Waals surface area contributed by atoms with E-state index in [1.807, 2.05) is 28.9 Å². The van der Waals surface area contributed by atoms with Crippen molar-refractivity contribution in [1.29, 1.82) is 0 Å². The molecule has 0 bridgehead atoms. The number of piperidine rings is 1. The lowest BCUT2D eigenvalue weighted by Crippen LogP contribution is -2.43. The summed E-state index contributed by atoms with van der Waals surface area (Å²) < 4.78 is 0. The number of carbonyl (C=O) groups excluding carboxylic acids is 2. The van der Waals surface area contributed by atoms with Crippen LogP contribution in [0, 0.1) is 12.3 Å². The molecule has 3 rings (SSSR count). The SMILES string of the molecule is CC(=O)N1CCC2(CC1)CCN(C(=O)c1ccc(C)nc1)C2. The summed E-state index contributed by atoms with van der Waals surface area (Å²) >= 11 is 0. The van der Waals surface area contributed by atoms with Crippen LogP contribution in [0.15, 0.2) is 18.3 Å². The van der Waals surface area contributed by atoms with Gasteiger partial charge in [-0.15, -0.1) is 0 Å². The fourth-order valence-corrected chi connectivity index (χ4v) is 3.59. The van der Waals surface area contributed by atoms with Crippen molar-refractivity contribution >= 4 is 11.8 Å². The van der Waals surface area contributed by atoms with Crippen LogP contribution in [0.1, 0.15) is 42.2 Å². The van der Waals surface area contributed by atoms with Crippen molar-refractivity contribution in [2.75, 3.05) is 26.2 Å². The van der Waals surface area contributed by atoms with Crippen molar-refractivity contribution < 1.29 is 9.59 Å². The second-order valence-electron chi connectivity index (χ2n) is 6.67. The Hall–Kier alpha value is -1.91. The van der Waals surface area contributed by atoms with Crippen molar-refractivity contribution in [2.24, 2.45) is 5.41 Å². The van der Waals surface area contributed by atoms with E-state index in [0.29, 0.717) is 5.56 Å². The Bertz CT molecular complexity index is 574. The van der Waals surface area contributed by atoms with Gasteiger partial charge in [-0.2, -0.15) is 0 Å². The second-order valence-corrected chi connectivity index (χ2v) is 6.67. The average molecular weight is 301 g/mol. The number of amides is 2. The first-order valence-electron chi connectivity index (χ1n) is 7.97. The minimum atomic E-state index is 0.0818. The molecule has 0 unspecified atom stereocenters. The molecule has 1 aromatic rings. The third-order valence-electron chi connectivity index (χ3n) is 5.15. The van der Waals surface area contributed by atoms with Gasteiger partial charge in [-0.3, -0.25) is 14.6 Å². The van der Waals surface area contributed by atoms with Crippen molar-refractivity contribution in [3.63, 3.8) is 0 Å². The number of carbonyl (C=O) groups is 2. The molecule has 2 aliphatic rings. The van der Waals surface area contributed by atoms with Gasteiger partial charge in [0.25, 0.3) is 5.91 Å². The minimum absolute atomic E-state index is 0.0818. The predicted octanol–water partition coefficient (Wildman–Crippen LogP) is 1.86. The molecule has 1 aromatic heterocycles. The smallest absolute Gasteiger partial charge is 0.255 e. The van der Waals surface area contributed by atoms with E-state index in [4.69, 9.17) is 0 Å². The summed E-state index contributed by atoms with van der Waals surface area (Å²) in [5.74, 6) is 0.241. The first-order chi connectivity index (χ1) is 10.5. The van der Waals surface area contributed by atoms with Crippen LogP contribution >= 0.6 is 0 Å². The number of rotatable bonds is 1. The Morgan fingerprint density at radius 2 is 1.73 bits per heavy atom. The lowest BCUT2D eigenvalue weighted by atomic mass is 9.78. The molecule has 0 aromatic carbocycles. The summed E-state index contributed by atoms with van der Waals surface area (Å²) in [7, 11) is 0. The van der Waals surface area contributed by atoms with E-state index in [9.17, 15) is 9.59 Å². The Balaban J connectivity index is 1.64. The van der Waals surface area contributed by atoms with Gasteiger partial charge in [-0.25, -0.2) is 0 Å². The molecular formula is C17H23N3O2. The standard InChI is InChI=1S/C17H23N3O2/c1-13-3-4-15(11-18-13)16(22)20-10-7-17(12-20)5-8-19(9-6-17)14(2)21/h3-4,11H,5-10,12H2,1-2H3. The summed E-state index contributed by atoms with van der Waals surface area (Å²) in [6.45, 7) is 6.82. The van der Waals surface area contributed by atoms with Gasteiger partial charge in [0.1, 0.15) is 0 Å². The molecule has 0 atom stereocenters. The molecule has 0 N–H and O–H groups in total. The quantitative estimate of drug-likeness (QED) is 0.795. The maximum absolute atomic E-state index is 12.6. The summed E-state index contributed by atoms with van der Waals surface area (Å²) in [5.41, 5.74) is 1.80. The lowest BCUT2D eigenvalue weighted by Gasteiger charge is -2.38. The average Bonchev–Trinajstić information content (AvgIpc) is 2.91. The molecule has 2 amide bonds. The van der Waals surface area contributed by atoms with E-state index >= 15 is 0 Å². The first kappa shape index (κ1) is 15.0. The molecule has 118 valence electrons. The third-order valence-corrected chi connectivity index (χ3v) is 5.15. The normalized spacial score (nSPS) is 20.5. The molecule has 2 fully saturated rings. The second kappa shape index (κ2) is 5.71. The molecule has 2 aliphatic heterocycles. The molecule has 1 spiro atoms. The number of pyridine rings is 1. The molecule has 0 radical (unpaired) electrons. The van der Waals surface area contributed by atoms with E-state index < -0.39 is 0 Å². The maximum Gasteiger partial charge on any atom is 0.255 e. The zero-order valence-corrected chi connectivity index (χ0v) is 13.3. The number of hydrogen-bond acceptors (Lipinski definition) is 3. The van der Waals surface area contributed by atoms with E-state index in [2.05, 4.69) is 4.98 Å². The van der Waals surface area contributed by atoms with Gasteiger partial charge in [0.05, 0.1) is 5.56 Å². The number of hydrogen-bond donors (Lipinski definition) is 0. The highest BCUT2D eigenvalue weighted by Crippen LogP contribution is 2.40. The number of aryl methyl sites for hydroxylation is 1. The van der Waals surface area contributed by atoms with Crippen LogP contribution < -0.4 is 0 Å². The highest BCUT2D eigenvalue weighted by atomic mass is 16.2. The Morgan fingerprint density at radius 1 is 1.09 bits per heavy atom. The van der Waals surface area contributed by atoms with Crippen LogP contribution in [-0.2, 0) is 4.79 Å². The summed E-state index contributed by atoms with van der Waals surface area (Å²) in [6, 6.07) is 3.73. The molecule has 2 saturated heterocycles. The molecular weight excluding hydrogens is 278 g/mol. The Labute approximate surface area is 131 Å². The molecule has 5 nitrogen and oxygen atoms in total. The van der Waals surface area contributed by atoms with Gasteiger partial charge in [-0.1, -0.05) is 0 Å². The van der Waals surface area contributed by atoms with Crippen molar-refractivity contribution in [3.05, 3.63) is 29.6 Å². The van der Waals surface area contributed by atoms with Crippen LogP contribution in [0.4, 0.5) is 0 Å². The van der Waals surface area contributed by atoms with Crippen molar-refractivity contribution in [2.45, 2.75) is 33.1 Å². The van der Waals surface area contributed by atoms with Gasteiger partial charge in [0.2, 0.25) is 5.91 Å². The predicted molar refractivity (Wildman–Crippen MR) is 83.4 cm³/mol. The van der Waals surface area contributed by atoms with Crippen LogP contribution in [-0.4, -0.2) is 52.8 Å². The van der Waals surface area contributed by atoms with Crippen LogP contribution in [0.2, 0.25) is 0 Å². The highest BCUT2D eigenvalue weighted by molar-refractivity contribution is 5.94. The Kier molecular flexibility index (Phi) is 3.89. The molecule has 3 heterocycles. The van der Waals surface area contributed by atoms with Gasteiger partial charge in [0.15, 0.2) is 0 Å². The van der Waals surface area contributed by atoms with E-state index in [1.54, 1.807) is 13.1 Å². The Morgan fingerprint density at radius 3 is 2.27 bits per heavy atom. The number of nitrogens with zero attached hydrogens (tertiary/aromatic N) is 3. The van der Waals surface area contributed by atoms with Crippen molar-refractivity contribution in [3.8, 4) is 0 Å². The third kappa shape index (κ3) is 2.85. The zero-order valence-electron chi connectivity index (χ0n) is 13.3. The van der Waals surface area contributed by atoms with E-state index in [-0.39, 0.29) is 17.2 Å². The van der Waals surface area contributed by atoms with Gasteiger partial charge >= 0.3 is 0 Å². The summed E-state index contributed by atoms with van der Waals surface area (Å²) in [4.78, 5) is 32.1. The van der Waals surface area contributed by atoms with Gasteiger partial charge in [0, 0.05) is 45.0 Å². The molecule has 22 heavy (non-hydrogen) atoms.